The van der Waals surface area contributed by atoms with Gasteiger partial charge in [0.1, 0.15) is 11.5 Å². The van der Waals surface area contributed by atoms with E-state index in [4.69, 9.17) is 9.47 Å². The lowest BCUT2D eigenvalue weighted by molar-refractivity contribution is 0.309. The fraction of sp³-hybridized carbons (Fsp3) is 0.188. The maximum Gasteiger partial charge on any atom is 0.241 e. The maximum absolute atomic E-state index is 6.16. The molecule has 0 fully saturated rings. The standard InChI is InChI=1S/C30H36N2O2Si.C18H15B/c1-3-5-20-33-26-12-10-16-29(22-26)35(25-32-19-18-31-24-32,28-14-8-7-9-15-28)30-17-11-13-27(23-30)34-21-6-4-2;1-4-10-16(11-5-1)19(17-12-6-2-7-13-17)18-14-8-3-9-15-18/h7-19,22-24H,3-6,20-21,25H2,1-2H3;1-15H. The van der Waals surface area contributed by atoms with Crippen molar-refractivity contribution in [3.05, 3.63) is 189 Å². The SMILES string of the molecule is CCCCOc1cccc([Si](Cn2ccnc2)(c2ccccc2)c2cccc(OCCCC)c2)c1.c1ccc(B(c2ccccc2)c2ccccc2)cc1. The molecule has 1 heterocycles. The molecular formula is C48H51BN2O2Si. The van der Waals surface area contributed by atoms with Crippen molar-refractivity contribution in [3.63, 3.8) is 0 Å². The molecule has 0 bridgehead atoms. The van der Waals surface area contributed by atoms with Gasteiger partial charge >= 0.3 is 0 Å². The van der Waals surface area contributed by atoms with Gasteiger partial charge in [0.05, 0.1) is 19.5 Å². The van der Waals surface area contributed by atoms with Crippen molar-refractivity contribution in [1.29, 1.82) is 0 Å². The third kappa shape index (κ3) is 9.88. The van der Waals surface area contributed by atoms with Crippen LogP contribution in [0.5, 0.6) is 11.5 Å². The summed E-state index contributed by atoms with van der Waals surface area (Å²) in [6.45, 7) is 6.16. The van der Waals surface area contributed by atoms with Crippen LogP contribution in [0.3, 0.4) is 0 Å². The number of hydrogen-bond acceptors (Lipinski definition) is 3. The lowest BCUT2D eigenvalue weighted by atomic mass is 9.37. The molecule has 0 amide bonds. The number of unbranched alkanes of at least 4 members (excludes halogenated alkanes) is 2. The molecule has 0 aliphatic rings. The number of imidazole rings is 1. The average Bonchev–Trinajstić information content (AvgIpc) is 3.76. The fourth-order valence-electron chi connectivity index (χ4n) is 7.04. The third-order valence-corrected chi connectivity index (χ3v) is 14.6. The highest BCUT2D eigenvalue weighted by atomic mass is 28.3. The molecule has 0 atom stereocenters. The first-order chi connectivity index (χ1) is 26.7. The normalized spacial score (nSPS) is 10.9. The van der Waals surface area contributed by atoms with Crippen LogP contribution in [0.4, 0.5) is 0 Å². The molecule has 0 aliphatic carbocycles. The van der Waals surface area contributed by atoms with E-state index in [2.05, 4.69) is 199 Å². The first kappa shape index (κ1) is 38.1. The Morgan fingerprint density at radius 1 is 0.519 bits per heavy atom. The molecular weight excluding hydrogens is 675 g/mol. The van der Waals surface area contributed by atoms with Gasteiger partial charge in [-0.1, -0.05) is 189 Å². The predicted molar refractivity (Wildman–Crippen MR) is 231 cm³/mol. The second kappa shape index (κ2) is 20.0. The molecule has 0 saturated heterocycles. The summed E-state index contributed by atoms with van der Waals surface area (Å²) in [5, 5.41) is 3.99. The molecule has 1 aromatic heterocycles. The van der Waals surface area contributed by atoms with E-state index in [1.165, 1.54) is 31.9 Å². The Labute approximate surface area is 323 Å². The summed E-state index contributed by atoms with van der Waals surface area (Å²) < 4.78 is 14.5. The van der Waals surface area contributed by atoms with E-state index in [-0.39, 0.29) is 0 Å². The molecule has 0 spiro atoms. The largest absolute Gasteiger partial charge is 0.494 e. The first-order valence-electron chi connectivity index (χ1n) is 19.3. The van der Waals surface area contributed by atoms with E-state index in [0.717, 1.165) is 56.6 Å². The van der Waals surface area contributed by atoms with Crippen LogP contribution in [0.2, 0.25) is 0 Å². The van der Waals surface area contributed by atoms with Crippen molar-refractivity contribution in [2.24, 2.45) is 0 Å². The minimum absolute atomic E-state index is 0.309. The summed E-state index contributed by atoms with van der Waals surface area (Å²) in [5.41, 5.74) is 4.00. The van der Waals surface area contributed by atoms with Crippen LogP contribution in [-0.2, 0) is 6.17 Å². The van der Waals surface area contributed by atoms with E-state index in [0.29, 0.717) is 6.71 Å². The van der Waals surface area contributed by atoms with Crippen LogP contribution < -0.4 is 41.4 Å². The number of aromatic nitrogens is 2. The second-order valence-electron chi connectivity index (χ2n) is 13.6. The Kier molecular flexibility index (Phi) is 14.1. The monoisotopic (exact) mass is 726 g/mol. The Balaban J connectivity index is 0.000000219. The van der Waals surface area contributed by atoms with Crippen molar-refractivity contribution >= 4 is 46.7 Å². The lowest BCUT2D eigenvalue weighted by Crippen LogP contribution is -2.69. The third-order valence-electron chi connectivity index (χ3n) is 9.83. The number of ether oxygens (including phenoxy) is 2. The Morgan fingerprint density at radius 2 is 0.944 bits per heavy atom. The van der Waals surface area contributed by atoms with Crippen LogP contribution in [0, 0.1) is 0 Å². The molecule has 4 nitrogen and oxygen atoms in total. The highest BCUT2D eigenvalue weighted by Gasteiger charge is 2.40. The van der Waals surface area contributed by atoms with Crippen LogP contribution >= 0.6 is 0 Å². The van der Waals surface area contributed by atoms with Gasteiger partial charge in [-0.3, -0.25) is 0 Å². The summed E-state index contributed by atoms with van der Waals surface area (Å²) in [4.78, 5) is 4.36. The van der Waals surface area contributed by atoms with Crippen molar-refractivity contribution in [2.45, 2.75) is 45.7 Å². The number of nitrogens with zero attached hydrogens (tertiary/aromatic N) is 2. The minimum atomic E-state index is -2.52. The molecule has 6 aromatic carbocycles. The van der Waals surface area contributed by atoms with Crippen molar-refractivity contribution < 1.29 is 9.47 Å². The zero-order valence-corrected chi connectivity index (χ0v) is 32.6. The van der Waals surface area contributed by atoms with E-state index in [1.807, 2.05) is 12.5 Å². The van der Waals surface area contributed by atoms with Gasteiger partial charge in [-0.05, 0) is 52.7 Å². The average molecular weight is 727 g/mol. The maximum atomic E-state index is 6.16. The van der Waals surface area contributed by atoms with Gasteiger partial charge in [0.25, 0.3) is 0 Å². The highest BCUT2D eigenvalue weighted by molar-refractivity contribution is 7.10. The van der Waals surface area contributed by atoms with E-state index in [1.54, 1.807) is 0 Å². The van der Waals surface area contributed by atoms with Crippen LogP contribution in [-0.4, -0.2) is 37.6 Å². The topological polar surface area (TPSA) is 36.3 Å². The summed E-state index contributed by atoms with van der Waals surface area (Å²) in [7, 11) is -2.52. The molecule has 0 saturated carbocycles. The summed E-state index contributed by atoms with van der Waals surface area (Å²) >= 11 is 0. The zero-order valence-electron chi connectivity index (χ0n) is 31.6. The molecule has 0 N–H and O–H groups in total. The smallest absolute Gasteiger partial charge is 0.241 e. The predicted octanol–water partition coefficient (Wildman–Crippen LogP) is 7.15. The number of rotatable bonds is 16. The van der Waals surface area contributed by atoms with Crippen molar-refractivity contribution in [3.8, 4) is 11.5 Å². The van der Waals surface area contributed by atoms with Gasteiger partial charge < -0.3 is 14.0 Å². The zero-order chi connectivity index (χ0) is 37.3. The van der Waals surface area contributed by atoms with Gasteiger partial charge in [0.2, 0.25) is 6.71 Å². The van der Waals surface area contributed by atoms with Crippen molar-refractivity contribution in [2.75, 3.05) is 13.2 Å². The molecule has 7 aromatic rings. The van der Waals surface area contributed by atoms with Gasteiger partial charge in [-0.15, -0.1) is 0 Å². The highest BCUT2D eigenvalue weighted by Crippen LogP contribution is 2.18. The first-order valence-corrected chi connectivity index (χ1v) is 21.5. The van der Waals surface area contributed by atoms with Crippen LogP contribution in [0.1, 0.15) is 39.5 Å². The number of hydrogen-bond donors (Lipinski definition) is 0. The van der Waals surface area contributed by atoms with Gasteiger partial charge in [0.15, 0.2) is 8.07 Å². The van der Waals surface area contributed by atoms with Crippen molar-refractivity contribution in [1.82, 2.24) is 9.55 Å². The second-order valence-corrected chi connectivity index (χ2v) is 17.5. The lowest BCUT2D eigenvalue weighted by Gasteiger charge is -2.34. The van der Waals surface area contributed by atoms with E-state index < -0.39 is 8.07 Å². The molecule has 54 heavy (non-hydrogen) atoms. The Bertz CT molecular complexity index is 1930. The van der Waals surface area contributed by atoms with E-state index >= 15 is 0 Å². The minimum Gasteiger partial charge on any atom is -0.494 e. The van der Waals surface area contributed by atoms with Crippen LogP contribution in [0.15, 0.2) is 189 Å². The van der Waals surface area contributed by atoms with Gasteiger partial charge in [-0.25, -0.2) is 4.98 Å². The summed E-state index contributed by atoms with van der Waals surface area (Å²) in [6.07, 6.45) is 11.0. The van der Waals surface area contributed by atoms with Gasteiger partial charge in [-0.2, -0.15) is 0 Å². The van der Waals surface area contributed by atoms with Crippen LogP contribution in [0.25, 0.3) is 0 Å². The molecule has 0 radical (unpaired) electrons. The van der Waals surface area contributed by atoms with E-state index in [9.17, 15) is 0 Å². The number of benzene rings is 6. The van der Waals surface area contributed by atoms with Gasteiger partial charge in [0, 0.05) is 18.6 Å². The fourth-order valence-corrected chi connectivity index (χ4v) is 11.6. The Hall–Kier alpha value is -5.59. The quantitative estimate of drug-likeness (QED) is 0.0603. The molecule has 7 rings (SSSR count). The molecule has 272 valence electrons. The molecule has 0 unspecified atom stereocenters. The molecule has 0 aliphatic heterocycles. The summed E-state index contributed by atoms with van der Waals surface area (Å²) in [6, 6.07) is 60.4. The summed E-state index contributed by atoms with van der Waals surface area (Å²) in [5.74, 6) is 1.87. The molecule has 6 heteroatoms. The Morgan fingerprint density at radius 3 is 1.35 bits per heavy atom.